The number of aromatic nitrogens is 2. The fourth-order valence-corrected chi connectivity index (χ4v) is 2.58. The molecular weight excluding hydrogens is 212 g/mol. The van der Waals surface area contributed by atoms with Gasteiger partial charge >= 0.3 is 0 Å². The number of hydrogen-bond acceptors (Lipinski definition) is 4. The fourth-order valence-electron chi connectivity index (χ4n) is 2.58. The molecule has 2 saturated carbocycles. The van der Waals surface area contributed by atoms with Crippen LogP contribution in [0.1, 0.15) is 32.6 Å². The van der Waals surface area contributed by atoms with E-state index in [4.69, 9.17) is 0 Å². The van der Waals surface area contributed by atoms with E-state index in [-0.39, 0.29) is 0 Å². The minimum Gasteiger partial charge on any atom is -0.370 e. The molecule has 1 aromatic rings. The van der Waals surface area contributed by atoms with Crippen LogP contribution < -0.4 is 10.6 Å². The third kappa shape index (κ3) is 2.35. The third-order valence-electron chi connectivity index (χ3n) is 3.98. The molecule has 0 bridgehead atoms. The highest BCUT2D eigenvalue weighted by Crippen LogP contribution is 2.61. The lowest BCUT2D eigenvalue weighted by atomic mass is 10.0. The highest BCUT2D eigenvalue weighted by atomic mass is 15.1. The number of anilines is 2. The van der Waals surface area contributed by atoms with Crippen molar-refractivity contribution in [3.8, 4) is 0 Å². The molecule has 0 aromatic carbocycles. The molecular formula is C13H20N4. The molecule has 1 heterocycles. The van der Waals surface area contributed by atoms with Crippen LogP contribution in [0.25, 0.3) is 0 Å². The second-order valence-corrected chi connectivity index (χ2v) is 5.31. The van der Waals surface area contributed by atoms with E-state index < -0.39 is 0 Å². The van der Waals surface area contributed by atoms with Gasteiger partial charge in [0.25, 0.3) is 0 Å². The van der Waals surface area contributed by atoms with Crippen LogP contribution in [0.3, 0.4) is 0 Å². The van der Waals surface area contributed by atoms with E-state index in [0.29, 0.717) is 5.41 Å². The zero-order valence-corrected chi connectivity index (χ0v) is 10.4. The summed E-state index contributed by atoms with van der Waals surface area (Å²) in [6, 6.07) is 1.99. The zero-order valence-electron chi connectivity index (χ0n) is 10.4. The summed E-state index contributed by atoms with van der Waals surface area (Å²) in [5, 5.41) is 6.68. The summed E-state index contributed by atoms with van der Waals surface area (Å²) in [6.07, 6.45) is 7.30. The zero-order chi connectivity index (χ0) is 11.7. The summed E-state index contributed by atoms with van der Waals surface area (Å²) in [7, 11) is 0. The monoisotopic (exact) mass is 232 g/mol. The average Bonchev–Trinajstić information content (AvgIpc) is 3.19. The topological polar surface area (TPSA) is 49.8 Å². The summed E-state index contributed by atoms with van der Waals surface area (Å²) in [5.74, 6) is 2.84. The molecule has 4 heteroatoms. The molecule has 4 nitrogen and oxygen atoms in total. The van der Waals surface area contributed by atoms with E-state index in [1.807, 2.05) is 6.07 Å². The van der Waals surface area contributed by atoms with E-state index in [0.717, 1.165) is 30.6 Å². The SMILES string of the molecule is CCNc1cc(NCC2(C3CC3)CC2)ncn1. The number of rotatable bonds is 6. The molecule has 2 aliphatic rings. The predicted octanol–water partition coefficient (Wildman–Crippen LogP) is 2.51. The Kier molecular flexibility index (Phi) is 2.65. The van der Waals surface area contributed by atoms with E-state index in [1.54, 1.807) is 6.33 Å². The first-order valence-corrected chi connectivity index (χ1v) is 6.62. The Morgan fingerprint density at radius 1 is 1.24 bits per heavy atom. The molecule has 1 aromatic heterocycles. The van der Waals surface area contributed by atoms with Gasteiger partial charge in [0, 0.05) is 19.2 Å². The maximum absolute atomic E-state index is 4.27. The highest BCUT2D eigenvalue weighted by molar-refractivity contribution is 5.46. The molecule has 0 spiro atoms. The van der Waals surface area contributed by atoms with Gasteiger partial charge in [-0.15, -0.1) is 0 Å². The Bertz CT molecular complexity index is 396. The van der Waals surface area contributed by atoms with Crippen LogP contribution in [-0.4, -0.2) is 23.1 Å². The van der Waals surface area contributed by atoms with Gasteiger partial charge in [-0.05, 0) is 43.9 Å². The van der Waals surface area contributed by atoms with Crippen molar-refractivity contribution in [2.45, 2.75) is 32.6 Å². The first-order chi connectivity index (χ1) is 8.32. The smallest absolute Gasteiger partial charge is 0.131 e. The summed E-state index contributed by atoms with van der Waals surface area (Å²) in [6.45, 7) is 4.05. The lowest BCUT2D eigenvalue weighted by Crippen LogP contribution is -2.18. The van der Waals surface area contributed by atoms with Crippen molar-refractivity contribution in [3.63, 3.8) is 0 Å². The van der Waals surface area contributed by atoms with Crippen molar-refractivity contribution in [3.05, 3.63) is 12.4 Å². The van der Waals surface area contributed by atoms with Crippen molar-refractivity contribution in [1.29, 1.82) is 0 Å². The van der Waals surface area contributed by atoms with Gasteiger partial charge in [-0.2, -0.15) is 0 Å². The first-order valence-electron chi connectivity index (χ1n) is 6.62. The van der Waals surface area contributed by atoms with Crippen molar-refractivity contribution >= 4 is 11.6 Å². The Balaban J connectivity index is 1.59. The maximum Gasteiger partial charge on any atom is 0.131 e. The second kappa shape index (κ2) is 4.17. The highest BCUT2D eigenvalue weighted by Gasteiger charge is 2.53. The molecule has 0 saturated heterocycles. The fraction of sp³-hybridized carbons (Fsp3) is 0.692. The van der Waals surface area contributed by atoms with Gasteiger partial charge in [-0.25, -0.2) is 9.97 Å². The lowest BCUT2D eigenvalue weighted by molar-refractivity contribution is 0.466. The van der Waals surface area contributed by atoms with Gasteiger partial charge in [0.2, 0.25) is 0 Å². The van der Waals surface area contributed by atoms with Gasteiger partial charge in [0.15, 0.2) is 0 Å². The van der Waals surface area contributed by atoms with E-state index in [2.05, 4.69) is 27.5 Å². The van der Waals surface area contributed by atoms with Crippen LogP contribution in [0, 0.1) is 11.3 Å². The Labute approximate surface area is 102 Å². The molecule has 92 valence electrons. The van der Waals surface area contributed by atoms with E-state index in [1.165, 1.54) is 25.7 Å². The number of nitrogens with one attached hydrogen (secondary N) is 2. The predicted molar refractivity (Wildman–Crippen MR) is 69.1 cm³/mol. The molecule has 0 unspecified atom stereocenters. The summed E-state index contributed by atoms with van der Waals surface area (Å²) >= 11 is 0. The van der Waals surface area contributed by atoms with Gasteiger partial charge in [0.1, 0.15) is 18.0 Å². The van der Waals surface area contributed by atoms with Crippen LogP contribution >= 0.6 is 0 Å². The van der Waals surface area contributed by atoms with Crippen LogP contribution in [0.15, 0.2) is 12.4 Å². The van der Waals surface area contributed by atoms with E-state index >= 15 is 0 Å². The molecule has 3 rings (SSSR count). The minimum absolute atomic E-state index is 0.614. The third-order valence-corrected chi connectivity index (χ3v) is 3.98. The van der Waals surface area contributed by atoms with Gasteiger partial charge in [-0.3, -0.25) is 0 Å². The standard InChI is InChI=1S/C13H20N4/c1-2-14-11-7-12(17-9-16-11)15-8-13(5-6-13)10-3-4-10/h7,9-10H,2-6,8H2,1H3,(H2,14,15,16,17). The van der Waals surface area contributed by atoms with Gasteiger partial charge < -0.3 is 10.6 Å². The Hall–Kier alpha value is -1.32. The molecule has 0 aliphatic heterocycles. The average molecular weight is 232 g/mol. The largest absolute Gasteiger partial charge is 0.370 e. The molecule has 0 amide bonds. The second-order valence-electron chi connectivity index (χ2n) is 5.31. The summed E-state index contributed by atoms with van der Waals surface area (Å²) < 4.78 is 0. The number of hydrogen-bond donors (Lipinski definition) is 2. The van der Waals surface area contributed by atoms with Crippen molar-refractivity contribution in [2.75, 3.05) is 23.7 Å². The Morgan fingerprint density at radius 3 is 2.53 bits per heavy atom. The molecule has 0 radical (unpaired) electrons. The normalized spacial score (nSPS) is 21.0. The lowest BCUT2D eigenvalue weighted by Gasteiger charge is -2.15. The number of nitrogens with zero attached hydrogens (tertiary/aromatic N) is 2. The van der Waals surface area contributed by atoms with Crippen LogP contribution in [-0.2, 0) is 0 Å². The van der Waals surface area contributed by atoms with E-state index in [9.17, 15) is 0 Å². The summed E-state index contributed by atoms with van der Waals surface area (Å²) in [4.78, 5) is 8.44. The van der Waals surface area contributed by atoms with Crippen molar-refractivity contribution in [1.82, 2.24) is 9.97 Å². The molecule has 2 fully saturated rings. The van der Waals surface area contributed by atoms with Crippen molar-refractivity contribution in [2.24, 2.45) is 11.3 Å². The summed E-state index contributed by atoms with van der Waals surface area (Å²) in [5.41, 5.74) is 0.614. The molecule has 2 aliphatic carbocycles. The van der Waals surface area contributed by atoms with Gasteiger partial charge in [-0.1, -0.05) is 0 Å². The quantitative estimate of drug-likeness (QED) is 0.791. The maximum atomic E-state index is 4.27. The van der Waals surface area contributed by atoms with Crippen molar-refractivity contribution < 1.29 is 0 Å². The van der Waals surface area contributed by atoms with Crippen LogP contribution in [0.5, 0.6) is 0 Å². The van der Waals surface area contributed by atoms with Gasteiger partial charge in [0.05, 0.1) is 0 Å². The van der Waals surface area contributed by atoms with Crippen LogP contribution in [0.2, 0.25) is 0 Å². The first kappa shape index (κ1) is 10.8. The van der Waals surface area contributed by atoms with Crippen LogP contribution in [0.4, 0.5) is 11.6 Å². The molecule has 17 heavy (non-hydrogen) atoms. The molecule has 2 N–H and O–H groups in total. The Morgan fingerprint density at radius 2 is 1.94 bits per heavy atom. The minimum atomic E-state index is 0.614. The molecule has 0 atom stereocenters.